The van der Waals surface area contributed by atoms with Gasteiger partial charge in [0.2, 0.25) is 0 Å². The van der Waals surface area contributed by atoms with Crippen molar-refractivity contribution >= 4 is 11.7 Å². The van der Waals surface area contributed by atoms with E-state index in [0.29, 0.717) is 37.1 Å². The van der Waals surface area contributed by atoms with E-state index in [2.05, 4.69) is 27.7 Å². The second kappa shape index (κ2) is 11.4. The van der Waals surface area contributed by atoms with Crippen LogP contribution in [0.2, 0.25) is 0 Å². The zero-order valence-corrected chi connectivity index (χ0v) is 25.0. The van der Waals surface area contributed by atoms with E-state index in [4.69, 9.17) is 9.47 Å². The third-order valence-electron chi connectivity index (χ3n) is 8.64. The number of rotatable bonds is 7. The number of ether oxygens (including phenoxy) is 2. The van der Waals surface area contributed by atoms with Gasteiger partial charge in [0.15, 0.2) is 0 Å². The van der Waals surface area contributed by atoms with Gasteiger partial charge in [-0.1, -0.05) is 33.8 Å². The lowest BCUT2D eigenvalue weighted by molar-refractivity contribution is -0.143. The molecule has 0 N–H and O–H groups in total. The average Bonchev–Trinajstić information content (AvgIpc) is 3.19. The normalized spacial score (nSPS) is 21.3. The minimum Gasteiger partial charge on any atom is -0.496 e. The molecule has 1 heterocycles. The molecule has 3 atom stereocenters. The number of nitrogens with zero attached hydrogens (tertiary/aromatic N) is 1. The summed E-state index contributed by atoms with van der Waals surface area (Å²) in [5.41, 5.74) is -0.0811. The van der Waals surface area contributed by atoms with E-state index in [1.165, 1.54) is 4.90 Å². The number of benzene rings is 2. The molecular weight excluding hydrogens is 572 g/mol. The van der Waals surface area contributed by atoms with Crippen LogP contribution in [-0.2, 0) is 22.5 Å². The first kappa shape index (κ1) is 32.7. The number of amides is 1. The van der Waals surface area contributed by atoms with Gasteiger partial charge in [-0.05, 0) is 103 Å². The van der Waals surface area contributed by atoms with E-state index >= 15 is 0 Å². The van der Waals surface area contributed by atoms with E-state index in [-0.39, 0.29) is 23.6 Å². The molecular formula is C33H37F6NO3. The lowest BCUT2D eigenvalue weighted by atomic mass is 9.72. The van der Waals surface area contributed by atoms with E-state index in [1.54, 1.807) is 14.0 Å². The average molecular weight is 610 g/mol. The fourth-order valence-electron chi connectivity index (χ4n) is 5.86. The maximum absolute atomic E-state index is 13.5. The van der Waals surface area contributed by atoms with Crippen molar-refractivity contribution in [2.75, 3.05) is 13.7 Å². The Morgan fingerprint density at radius 3 is 2.16 bits per heavy atom. The number of alkyl halides is 6. The van der Waals surface area contributed by atoms with E-state index in [1.807, 2.05) is 25.1 Å². The molecule has 1 aliphatic carbocycles. The van der Waals surface area contributed by atoms with E-state index < -0.39 is 47.1 Å². The number of allylic oxidation sites excluding steroid dienone is 1. The lowest BCUT2D eigenvalue weighted by Gasteiger charge is -2.36. The summed E-state index contributed by atoms with van der Waals surface area (Å²) in [5, 5.41) is 0. The highest BCUT2D eigenvalue weighted by Gasteiger charge is 2.44. The van der Waals surface area contributed by atoms with Crippen LogP contribution in [0, 0.1) is 19.3 Å². The van der Waals surface area contributed by atoms with E-state index in [9.17, 15) is 31.1 Å². The number of hydrogen-bond donors (Lipinski definition) is 0. The Balaban J connectivity index is 1.76. The van der Waals surface area contributed by atoms with Crippen LogP contribution in [0.25, 0.3) is 5.57 Å². The molecule has 0 bridgehead atoms. The first-order valence-electron chi connectivity index (χ1n) is 14.1. The molecule has 2 aliphatic rings. The summed E-state index contributed by atoms with van der Waals surface area (Å²) in [4.78, 5) is 14.5. The topological polar surface area (TPSA) is 38.8 Å². The van der Waals surface area contributed by atoms with Crippen molar-refractivity contribution in [3.8, 4) is 5.75 Å². The summed E-state index contributed by atoms with van der Waals surface area (Å²) in [6.07, 6.45) is -9.43. The van der Waals surface area contributed by atoms with Crippen molar-refractivity contribution in [2.24, 2.45) is 5.41 Å². The number of carbonyl (C=O) groups is 1. The van der Waals surface area contributed by atoms with Crippen molar-refractivity contribution in [3.63, 3.8) is 0 Å². The Morgan fingerprint density at radius 1 is 1.02 bits per heavy atom. The minimum absolute atomic E-state index is 0.0663. The molecule has 43 heavy (non-hydrogen) atoms. The Morgan fingerprint density at radius 2 is 1.63 bits per heavy atom. The van der Waals surface area contributed by atoms with Gasteiger partial charge in [0.25, 0.3) is 0 Å². The van der Waals surface area contributed by atoms with Crippen molar-refractivity contribution < 1.29 is 40.6 Å². The molecule has 4 nitrogen and oxygen atoms in total. The van der Waals surface area contributed by atoms with Crippen LogP contribution in [-0.4, -0.2) is 30.7 Å². The third-order valence-corrected chi connectivity index (χ3v) is 8.64. The predicted octanol–water partition coefficient (Wildman–Crippen LogP) is 9.59. The van der Waals surface area contributed by atoms with Gasteiger partial charge in [-0.25, -0.2) is 4.79 Å². The Kier molecular flexibility index (Phi) is 8.68. The van der Waals surface area contributed by atoms with Crippen molar-refractivity contribution in [2.45, 2.75) is 83.3 Å². The minimum atomic E-state index is -5.01. The number of methoxy groups -OCH3 is 1. The van der Waals surface area contributed by atoms with Crippen LogP contribution >= 0.6 is 0 Å². The van der Waals surface area contributed by atoms with Crippen molar-refractivity contribution in [1.29, 1.82) is 0 Å². The van der Waals surface area contributed by atoms with Crippen LogP contribution in [0.5, 0.6) is 5.75 Å². The quantitative estimate of drug-likeness (QED) is 0.294. The Hall–Kier alpha value is -3.17. The van der Waals surface area contributed by atoms with Gasteiger partial charge in [-0.3, -0.25) is 4.90 Å². The first-order chi connectivity index (χ1) is 19.8. The molecule has 1 aliphatic heterocycles. The zero-order chi connectivity index (χ0) is 32.1. The van der Waals surface area contributed by atoms with Crippen molar-refractivity contribution in [3.05, 3.63) is 83.6 Å². The maximum Gasteiger partial charge on any atom is 0.416 e. The first-order valence-corrected chi connectivity index (χ1v) is 14.1. The summed E-state index contributed by atoms with van der Waals surface area (Å²) in [5.74, 6) is 0.648. The molecule has 2 aromatic carbocycles. The van der Waals surface area contributed by atoms with Crippen LogP contribution in [0.4, 0.5) is 31.1 Å². The van der Waals surface area contributed by atoms with E-state index in [0.717, 1.165) is 28.7 Å². The maximum atomic E-state index is 13.5. The molecule has 0 saturated carbocycles. The molecule has 1 amide bonds. The zero-order valence-electron chi connectivity index (χ0n) is 25.0. The predicted molar refractivity (Wildman–Crippen MR) is 152 cm³/mol. The Labute approximate surface area is 249 Å². The van der Waals surface area contributed by atoms with Gasteiger partial charge < -0.3 is 9.47 Å². The molecule has 2 radical (unpaired) electrons. The van der Waals surface area contributed by atoms with Crippen LogP contribution in [0.15, 0.2) is 42.0 Å². The SMILES string of the molecule is [CH2]CC([CH2])(C)c1ccc(OC)c(C2=C(CN3C(=O)O[C@H](c4cc(C(F)(F)F)cc(C(F)(F)F)c4)[C@@H]3C)CC(C)(C)CC2)c1. The summed E-state index contributed by atoms with van der Waals surface area (Å²) in [7, 11) is 1.57. The molecule has 4 rings (SSSR count). The molecule has 2 aromatic rings. The number of cyclic esters (lactones) is 1. The molecule has 0 spiro atoms. The van der Waals surface area contributed by atoms with Gasteiger partial charge >= 0.3 is 18.4 Å². The molecule has 1 saturated heterocycles. The number of hydrogen-bond acceptors (Lipinski definition) is 3. The highest BCUT2D eigenvalue weighted by atomic mass is 19.4. The van der Waals surface area contributed by atoms with Gasteiger partial charge in [0, 0.05) is 12.1 Å². The lowest BCUT2D eigenvalue weighted by Crippen LogP contribution is -2.35. The summed E-state index contributed by atoms with van der Waals surface area (Å²) >= 11 is 0. The smallest absolute Gasteiger partial charge is 0.416 e. The fraction of sp³-hybridized carbons (Fsp3) is 0.485. The largest absolute Gasteiger partial charge is 0.496 e. The van der Waals surface area contributed by atoms with Gasteiger partial charge in [-0.2, -0.15) is 26.3 Å². The third kappa shape index (κ3) is 6.83. The summed E-state index contributed by atoms with van der Waals surface area (Å²) in [6.45, 7) is 16.2. The molecule has 1 fully saturated rings. The highest BCUT2D eigenvalue weighted by molar-refractivity contribution is 5.77. The summed E-state index contributed by atoms with van der Waals surface area (Å²) < 4.78 is 92.4. The highest BCUT2D eigenvalue weighted by Crippen LogP contribution is 2.47. The van der Waals surface area contributed by atoms with Gasteiger partial charge in [-0.15, -0.1) is 0 Å². The van der Waals surface area contributed by atoms with Gasteiger partial charge in [0.1, 0.15) is 11.9 Å². The molecule has 234 valence electrons. The second-order valence-electron chi connectivity index (χ2n) is 12.7. The van der Waals surface area contributed by atoms with Crippen LogP contribution < -0.4 is 4.74 Å². The van der Waals surface area contributed by atoms with Crippen molar-refractivity contribution in [1.82, 2.24) is 4.90 Å². The summed E-state index contributed by atoms with van der Waals surface area (Å²) in [6, 6.07) is 6.33. The molecule has 1 unspecified atom stereocenters. The van der Waals surface area contributed by atoms with Gasteiger partial charge in [0.05, 0.1) is 24.3 Å². The molecule has 0 aromatic heterocycles. The standard InChI is InChI=1S/C33H37F6NO3/c1-8-31(5,6)22-9-10-27(42-7)26(16-22)25-11-12-30(3,4)17-21(25)18-40-19(2)28(43-29(40)41)20-13-23(32(34,35)36)15-24(14-20)33(37,38)39/h9-10,13-16,19,28H,1,5,8,11-12,17-18H2,2-4,6-7H3/t19-,28-,31?/m0/s1. The number of halogens is 6. The van der Waals surface area contributed by atoms with Crippen LogP contribution in [0.1, 0.15) is 87.3 Å². The monoisotopic (exact) mass is 609 g/mol. The number of carbonyl (C=O) groups excluding carboxylic acids is 1. The Bertz CT molecular complexity index is 1370. The second-order valence-corrected chi connectivity index (χ2v) is 12.7. The molecule has 10 heteroatoms. The fourth-order valence-corrected chi connectivity index (χ4v) is 5.86. The van der Waals surface area contributed by atoms with Crippen LogP contribution in [0.3, 0.4) is 0 Å².